The number of ether oxygens (including phenoxy) is 1. The van der Waals surface area contributed by atoms with Gasteiger partial charge in [-0.05, 0) is 56.5 Å². The smallest absolute Gasteiger partial charge is 0.336 e. The van der Waals surface area contributed by atoms with Crippen LogP contribution in [0.3, 0.4) is 0 Å². The molecule has 0 fully saturated rings. The Morgan fingerprint density at radius 3 is 2.37 bits per heavy atom. The molecule has 0 bridgehead atoms. The zero-order valence-electron chi connectivity index (χ0n) is 22.4. The number of nitrogens with one attached hydrogen (secondary N) is 1. The molecule has 6 heteroatoms. The second kappa shape index (κ2) is 11.9. The van der Waals surface area contributed by atoms with Crippen molar-refractivity contribution in [1.29, 1.82) is 0 Å². The van der Waals surface area contributed by atoms with Gasteiger partial charge in [0.25, 0.3) is 5.91 Å². The third-order valence-corrected chi connectivity index (χ3v) is 6.97. The average Bonchev–Trinajstić information content (AvgIpc) is 2.91. The van der Waals surface area contributed by atoms with Gasteiger partial charge in [-0.25, -0.2) is 4.79 Å². The van der Waals surface area contributed by atoms with Gasteiger partial charge < -0.3 is 15.0 Å². The predicted octanol–water partition coefficient (Wildman–Crippen LogP) is 5.84. The van der Waals surface area contributed by atoms with Crippen LogP contribution < -0.4 is 5.32 Å². The van der Waals surface area contributed by atoms with E-state index in [1.54, 1.807) is 30.9 Å². The molecule has 1 heterocycles. The summed E-state index contributed by atoms with van der Waals surface area (Å²) in [4.78, 5) is 40.8. The Morgan fingerprint density at radius 1 is 1.00 bits per heavy atom. The predicted molar refractivity (Wildman–Crippen MR) is 147 cm³/mol. The van der Waals surface area contributed by atoms with Crippen LogP contribution in [0.5, 0.6) is 0 Å². The number of aryl methyl sites for hydroxylation is 1. The molecule has 0 saturated carbocycles. The first-order valence-corrected chi connectivity index (χ1v) is 13.0. The van der Waals surface area contributed by atoms with Gasteiger partial charge in [0.05, 0.1) is 24.8 Å². The van der Waals surface area contributed by atoms with Gasteiger partial charge in [-0.2, -0.15) is 0 Å². The molecule has 6 nitrogen and oxygen atoms in total. The molecule has 38 heavy (non-hydrogen) atoms. The molecule has 1 aliphatic rings. The van der Waals surface area contributed by atoms with Crippen molar-refractivity contribution in [3.05, 3.63) is 118 Å². The lowest BCUT2D eigenvalue weighted by atomic mass is 9.83. The Hall–Kier alpha value is -4.19. The van der Waals surface area contributed by atoms with E-state index in [-0.39, 0.29) is 36.8 Å². The zero-order chi connectivity index (χ0) is 27.2. The van der Waals surface area contributed by atoms with Crippen LogP contribution in [0.25, 0.3) is 0 Å². The highest BCUT2D eigenvalue weighted by atomic mass is 16.5. The van der Waals surface area contributed by atoms with Crippen molar-refractivity contribution in [2.45, 2.75) is 52.6 Å². The monoisotopic (exact) mass is 510 g/mol. The van der Waals surface area contributed by atoms with Crippen LogP contribution in [0, 0.1) is 6.92 Å². The van der Waals surface area contributed by atoms with Crippen LogP contribution in [-0.4, -0.2) is 29.3 Å². The minimum atomic E-state index is -0.395. The molecule has 0 radical (unpaired) electrons. The Kier molecular flexibility index (Phi) is 8.41. The minimum Gasteiger partial charge on any atom is -0.463 e. The van der Waals surface area contributed by atoms with Crippen LogP contribution in [0.1, 0.15) is 71.8 Å². The van der Waals surface area contributed by atoms with Gasteiger partial charge in [-0.15, -0.1) is 0 Å². The largest absolute Gasteiger partial charge is 0.463 e. The summed E-state index contributed by atoms with van der Waals surface area (Å²) >= 11 is 0. The normalized spacial score (nSPS) is 16.3. The Morgan fingerprint density at radius 2 is 1.71 bits per heavy atom. The first-order chi connectivity index (χ1) is 18.3. The van der Waals surface area contributed by atoms with Crippen molar-refractivity contribution in [1.82, 2.24) is 10.2 Å². The first-order valence-electron chi connectivity index (χ1n) is 13.0. The van der Waals surface area contributed by atoms with E-state index in [2.05, 4.69) is 5.32 Å². The van der Waals surface area contributed by atoms with Crippen LogP contribution in [0.2, 0.25) is 0 Å². The molecule has 196 valence electrons. The van der Waals surface area contributed by atoms with E-state index in [0.717, 1.165) is 22.3 Å². The number of benzene rings is 3. The summed E-state index contributed by atoms with van der Waals surface area (Å²) in [5.41, 5.74) is 5.56. The number of hydrogen-bond donors (Lipinski definition) is 1. The molecule has 1 aliphatic heterocycles. The molecule has 1 N–H and O–H groups in total. The van der Waals surface area contributed by atoms with Crippen molar-refractivity contribution < 1.29 is 19.1 Å². The van der Waals surface area contributed by atoms with Crippen molar-refractivity contribution >= 4 is 17.8 Å². The lowest BCUT2D eigenvalue weighted by molar-refractivity contribution is -0.140. The molecule has 3 aromatic carbocycles. The number of carbonyl (C=O) groups excluding carboxylic acids is 3. The molecule has 4 rings (SSSR count). The van der Waals surface area contributed by atoms with Crippen LogP contribution in [-0.2, 0) is 20.9 Å². The summed E-state index contributed by atoms with van der Waals surface area (Å²) in [6.07, 6.45) is 0.187. The number of carbonyl (C=O) groups is 3. The highest BCUT2D eigenvalue weighted by Crippen LogP contribution is 2.38. The highest BCUT2D eigenvalue weighted by Gasteiger charge is 2.36. The van der Waals surface area contributed by atoms with E-state index in [1.807, 2.05) is 80.6 Å². The average molecular weight is 511 g/mol. The number of hydrogen-bond acceptors (Lipinski definition) is 4. The molecule has 3 aromatic rings. The molecule has 0 saturated heterocycles. The lowest BCUT2D eigenvalue weighted by Gasteiger charge is -2.34. The summed E-state index contributed by atoms with van der Waals surface area (Å²) in [5, 5.41) is 3.02. The summed E-state index contributed by atoms with van der Waals surface area (Å²) in [7, 11) is 0. The summed E-state index contributed by atoms with van der Waals surface area (Å²) in [6, 6.07) is 24.8. The second-order valence-electron chi connectivity index (χ2n) is 9.67. The van der Waals surface area contributed by atoms with E-state index in [0.29, 0.717) is 23.4 Å². The van der Waals surface area contributed by atoms with E-state index in [1.165, 1.54) is 0 Å². The van der Waals surface area contributed by atoms with Gasteiger partial charge in [0.2, 0.25) is 5.91 Å². The van der Waals surface area contributed by atoms with Gasteiger partial charge in [0, 0.05) is 23.6 Å². The van der Waals surface area contributed by atoms with E-state index in [4.69, 9.17) is 4.74 Å². The SMILES string of the molecule is CCOC(=O)C1=C(C)N(Cc2ccc(C(=O)NC(C)c3ccccc3)cc2)C(=O)CC1c1cccc(C)c1. The van der Waals surface area contributed by atoms with Crippen molar-refractivity contribution in [2.75, 3.05) is 6.61 Å². The number of amides is 2. The van der Waals surface area contributed by atoms with Gasteiger partial charge >= 0.3 is 5.97 Å². The summed E-state index contributed by atoms with van der Waals surface area (Å²) in [6.45, 7) is 8.09. The third-order valence-electron chi connectivity index (χ3n) is 6.97. The maximum atomic E-state index is 13.3. The fraction of sp³-hybridized carbons (Fsp3) is 0.281. The van der Waals surface area contributed by atoms with Gasteiger partial charge in [-0.1, -0.05) is 72.3 Å². The topological polar surface area (TPSA) is 75.7 Å². The van der Waals surface area contributed by atoms with Crippen LogP contribution in [0.15, 0.2) is 90.1 Å². The second-order valence-corrected chi connectivity index (χ2v) is 9.67. The number of rotatable bonds is 8. The molecule has 0 aromatic heterocycles. The Balaban J connectivity index is 1.54. The Labute approximate surface area is 224 Å². The standard InChI is InChI=1S/C32H34N2O4/c1-5-38-32(37)30-23(4)34(29(35)19-28(30)27-13-9-10-21(2)18-27)20-24-14-16-26(17-15-24)31(36)33-22(3)25-11-7-6-8-12-25/h6-18,22,28H,5,19-20H2,1-4H3,(H,33,36). The number of allylic oxidation sites excluding steroid dienone is 1. The van der Waals surface area contributed by atoms with E-state index < -0.39 is 5.97 Å². The van der Waals surface area contributed by atoms with E-state index in [9.17, 15) is 14.4 Å². The fourth-order valence-corrected chi connectivity index (χ4v) is 4.90. The van der Waals surface area contributed by atoms with Crippen molar-refractivity contribution in [3.8, 4) is 0 Å². The van der Waals surface area contributed by atoms with E-state index >= 15 is 0 Å². The molecular formula is C32H34N2O4. The minimum absolute atomic E-state index is 0.0550. The van der Waals surface area contributed by atoms with Crippen molar-refractivity contribution in [2.24, 2.45) is 0 Å². The molecule has 0 aliphatic carbocycles. The summed E-state index contributed by atoms with van der Waals surface area (Å²) in [5.74, 6) is -0.965. The van der Waals surface area contributed by atoms with Gasteiger partial charge in [0.15, 0.2) is 0 Å². The fourth-order valence-electron chi connectivity index (χ4n) is 4.90. The molecule has 2 amide bonds. The molecule has 0 spiro atoms. The number of nitrogens with zero attached hydrogens (tertiary/aromatic N) is 1. The Bertz CT molecular complexity index is 1350. The van der Waals surface area contributed by atoms with Crippen molar-refractivity contribution in [3.63, 3.8) is 0 Å². The quantitative estimate of drug-likeness (QED) is 0.387. The third kappa shape index (κ3) is 6.02. The molecule has 2 atom stereocenters. The van der Waals surface area contributed by atoms with Crippen LogP contribution in [0.4, 0.5) is 0 Å². The molecule has 2 unspecified atom stereocenters. The molecular weight excluding hydrogens is 476 g/mol. The van der Waals surface area contributed by atoms with Gasteiger partial charge in [-0.3, -0.25) is 9.59 Å². The zero-order valence-corrected chi connectivity index (χ0v) is 22.4. The number of esters is 1. The summed E-state index contributed by atoms with van der Waals surface area (Å²) < 4.78 is 5.39. The lowest BCUT2D eigenvalue weighted by Crippen LogP contribution is -2.38. The maximum Gasteiger partial charge on any atom is 0.336 e. The maximum absolute atomic E-state index is 13.3. The van der Waals surface area contributed by atoms with Crippen LogP contribution >= 0.6 is 0 Å². The highest BCUT2D eigenvalue weighted by molar-refractivity contribution is 5.96. The van der Waals surface area contributed by atoms with Gasteiger partial charge in [0.1, 0.15) is 0 Å². The first kappa shape index (κ1) is 26.9.